The average Bonchev–Trinajstić information content (AvgIpc) is 2.41. The maximum absolute atomic E-state index is 11.8. The first-order valence-corrected chi connectivity index (χ1v) is 6.48. The molecule has 1 N–H and O–H groups in total. The minimum atomic E-state index is -0.488. The third-order valence-electron chi connectivity index (χ3n) is 2.48. The lowest BCUT2D eigenvalue weighted by Crippen LogP contribution is -2.15. The molecule has 1 heterocycles. The quantitative estimate of drug-likeness (QED) is 0.687. The van der Waals surface area contributed by atoms with Crippen molar-refractivity contribution < 1.29 is 9.72 Å². The summed E-state index contributed by atoms with van der Waals surface area (Å²) in [5.74, 6) is 0.156. The summed E-state index contributed by atoms with van der Waals surface area (Å²) in [6, 6.07) is 9.41. The summed E-state index contributed by atoms with van der Waals surface area (Å²) < 4.78 is 0.814. The highest BCUT2D eigenvalue weighted by molar-refractivity contribution is 9.10. The molecule has 0 unspecified atom stereocenters. The lowest BCUT2D eigenvalue weighted by atomic mass is 10.1. The first kappa shape index (κ1) is 14.1. The van der Waals surface area contributed by atoms with E-state index in [1.54, 1.807) is 30.5 Å². The fourth-order valence-corrected chi connectivity index (χ4v) is 1.84. The molecule has 0 aliphatic rings. The number of benzene rings is 1. The van der Waals surface area contributed by atoms with Crippen LogP contribution >= 0.6 is 15.9 Å². The third kappa shape index (κ3) is 3.86. The zero-order valence-corrected chi connectivity index (χ0v) is 11.8. The van der Waals surface area contributed by atoms with E-state index in [2.05, 4.69) is 26.2 Å². The van der Waals surface area contributed by atoms with Crippen molar-refractivity contribution in [3.8, 4) is 0 Å². The van der Waals surface area contributed by atoms with Crippen LogP contribution in [0.1, 0.15) is 5.56 Å². The van der Waals surface area contributed by atoms with E-state index < -0.39 is 4.92 Å². The predicted octanol–water partition coefficient (Wildman–Crippen LogP) is 2.93. The number of carbonyl (C=O) groups excluding carboxylic acids is 1. The Hall–Kier alpha value is -2.28. The Labute approximate surface area is 123 Å². The SMILES string of the molecule is O=C(Cc1cccc([N+](=O)[O-])c1)Nc1ccc(Br)cn1. The molecule has 1 aromatic heterocycles. The van der Waals surface area contributed by atoms with Gasteiger partial charge in [0.2, 0.25) is 5.91 Å². The number of pyridine rings is 1. The second-order valence-electron chi connectivity index (χ2n) is 4.01. The number of non-ortho nitro benzene ring substituents is 1. The first-order valence-electron chi connectivity index (χ1n) is 5.69. The van der Waals surface area contributed by atoms with Gasteiger partial charge in [-0.2, -0.15) is 0 Å². The highest BCUT2D eigenvalue weighted by Gasteiger charge is 2.09. The molecule has 102 valence electrons. The van der Waals surface area contributed by atoms with Crippen molar-refractivity contribution in [2.75, 3.05) is 5.32 Å². The Morgan fingerprint density at radius 1 is 1.35 bits per heavy atom. The Bertz CT molecular complexity index is 644. The van der Waals surface area contributed by atoms with Crippen molar-refractivity contribution in [1.29, 1.82) is 0 Å². The number of nitrogens with zero attached hydrogens (tertiary/aromatic N) is 2. The largest absolute Gasteiger partial charge is 0.310 e. The summed E-state index contributed by atoms with van der Waals surface area (Å²) in [5.41, 5.74) is 0.547. The van der Waals surface area contributed by atoms with E-state index in [-0.39, 0.29) is 18.0 Å². The molecule has 7 heteroatoms. The van der Waals surface area contributed by atoms with E-state index in [1.807, 2.05) is 0 Å². The van der Waals surface area contributed by atoms with Crippen LogP contribution in [-0.2, 0) is 11.2 Å². The minimum absolute atomic E-state index is 0.0305. The van der Waals surface area contributed by atoms with E-state index in [0.29, 0.717) is 11.4 Å². The van der Waals surface area contributed by atoms with E-state index in [4.69, 9.17) is 0 Å². The van der Waals surface area contributed by atoms with Gasteiger partial charge in [-0.05, 0) is 33.6 Å². The molecule has 0 saturated heterocycles. The van der Waals surface area contributed by atoms with Crippen LogP contribution in [-0.4, -0.2) is 15.8 Å². The highest BCUT2D eigenvalue weighted by Crippen LogP contribution is 2.14. The molecular formula is C13H10BrN3O3. The second-order valence-corrected chi connectivity index (χ2v) is 4.93. The van der Waals surface area contributed by atoms with Crippen molar-refractivity contribution in [2.24, 2.45) is 0 Å². The van der Waals surface area contributed by atoms with Crippen LogP contribution in [0.5, 0.6) is 0 Å². The predicted molar refractivity (Wildman–Crippen MR) is 77.4 cm³/mol. The summed E-state index contributed by atoms with van der Waals surface area (Å²) in [6.07, 6.45) is 1.63. The molecule has 0 radical (unpaired) electrons. The standard InChI is InChI=1S/C13H10BrN3O3/c14-10-4-5-12(15-8-10)16-13(18)7-9-2-1-3-11(6-9)17(19)20/h1-6,8H,7H2,(H,15,16,18). The summed E-state index contributed by atoms with van der Waals surface area (Å²) in [5, 5.41) is 13.3. The number of aromatic nitrogens is 1. The Balaban J connectivity index is 2.02. The zero-order valence-electron chi connectivity index (χ0n) is 10.2. The molecule has 0 saturated carbocycles. The van der Waals surface area contributed by atoms with Crippen LogP contribution < -0.4 is 5.32 Å². The number of amides is 1. The van der Waals surface area contributed by atoms with Gasteiger partial charge in [0.15, 0.2) is 0 Å². The normalized spacial score (nSPS) is 10.1. The number of carbonyl (C=O) groups is 1. The summed E-state index contributed by atoms with van der Waals surface area (Å²) in [4.78, 5) is 26.0. The maximum Gasteiger partial charge on any atom is 0.269 e. The molecular weight excluding hydrogens is 326 g/mol. The molecule has 20 heavy (non-hydrogen) atoms. The molecule has 0 fully saturated rings. The number of nitro groups is 1. The topological polar surface area (TPSA) is 85.1 Å². The number of hydrogen-bond acceptors (Lipinski definition) is 4. The van der Waals surface area contributed by atoms with Crippen LogP contribution in [0.3, 0.4) is 0 Å². The summed E-state index contributed by atoms with van der Waals surface area (Å²) in [6.45, 7) is 0. The van der Waals surface area contributed by atoms with Crippen molar-refractivity contribution >= 4 is 33.3 Å². The smallest absolute Gasteiger partial charge is 0.269 e. The lowest BCUT2D eigenvalue weighted by Gasteiger charge is -2.04. The Morgan fingerprint density at radius 2 is 2.15 bits per heavy atom. The van der Waals surface area contributed by atoms with Gasteiger partial charge in [0, 0.05) is 22.8 Å². The Kier molecular flexibility index (Phi) is 4.41. The zero-order chi connectivity index (χ0) is 14.5. The van der Waals surface area contributed by atoms with Crippen LogP contribution in [0.4, 0.5) is 11.5 Å². The molecule has 0 aliphatic carbocycles. The fraction of sp³-hybridized carbons (Fsp3) is 0.0769. The van der Waals surface area contributed by atoms with Crippen molar-refractivity contribution in [3.63, 3.8) is 0 Å². The van der Waals surface area contributed by atoms with E-state index >= 15 is 0 Å². The lowest BCUT2D eigenvalue weighted by molar-refractivity contribution is -0.384. The first-order chi connectivity index (χ1) is 9.54. The van der Waals surface area contributed by atoms with Crippen LogP contribution in [0.15, 0.2) is 47.1 Å². The molecule has 0 bridgehead atoms. The number of nitrogens with one attached hydrogen (secondary N) is 1. The van der Waals surface area contributed by atoms with Crippen molar-refractivity contribution in [3.05, 3.63) is 62.7 Å². The molecule has 2 aromatic rings. The second kappa shape index (κ2) is 6.25. The summed E-state index contributed by atoms with van der Waals surface area (Å²) >= 11 is 3.25. The van der Waals surface area contributed by atoms with Gasteiger partial charge in [-0.3, -0.25) is 14.9 Å². The van der Waals surface area contributed by atoms with Gasteiger partial charge in [-0.25, -0.2) is 4.98 Å². The van der Waals surface area contributed by atoms with Gasteiger partial charge in [-0.15, -0.1) is 0 Å². The number of halogens is 1. The minimum Gasteiger partial charge on any atom is -0.310 e. The number of hydrogen-bond donors (Lipinski definition) is 1. The van der Waals surface area contributed by atoms with Crippen molar-refractivity contribution in [2.45, 2.75) is 6.42 Å². The van der Waals surface area contributed by atoms with Gasteiger partial charge in [-0.1, -0.05) is 12.1 Å². The van der Waals surface area contributed by atoms with Crippen LogP contribution in [0.2, 0.25) is 0 Å². The van der Waals surface area contributed by atoms with Gasteiger partial charge in [0.25, 0.3) is 5.69 Å². The van der Waals surface area contributed by atoms with E-state index in [1.165, 1.54) is 12.1 Å². The monoisotopic (exact) mass is 335 g/mol. The molecule has 1 aromatic carbocycles. The van der Waals surface area contributed by atoms with Gasteiger partial charge in [0.05, 0.1) is 11.3 Å². The molecule has 1 amide bonds. The highest BCUT2D eigenvalue weighted by atomic mass is 79.9. The molecule has 0 spiro atoms. The third-order valence-corrected chi connectivity index (χ3v) is 2.95. The number of rotatable bonds is 4. The van der Waals surface area contributed by atoms with Crippen LogP contribution in [0, 0.1) is 10.1 Å². The molecule has 2 rings (SSSR count). The maximum atomic E-state index is 11.8. The number of nitro benzene ring substituents is 1. The molecule has 0 aliphatic heterocycles. The number of anilines is 1. The van der Waals surface area contributed by atoms with Crippen molar-refractivity contribution in [1.82, 2.24) is 4.98 Å². The fourth-order valence-electron chi connectivity index (χ4n) is 1.60. The van der Waals surface area contributed by atoms with Crippen LogP contribution in [0.25, 0.3) is 0 Å². The Morgan fingerprint density at radius 3 is 2.80 bits per heavy atom. The summed E-state index contributed by atoms with van der Waals surface area (Å²) in [7, 11) is 0. The van der Waals surface area contributed by atoms with E-state index in [9.17, 15) is 14.9 Å². The van der Waals surface area contributed by atoms with Gasteiger partial charge < -0.3 is 5.32 Å². The molecule has 6 nitrogen and oxygen atoms in total. The molecule has 0 atom stereocenters. The van der Waals surface area contributed by atoms with Gasteiger partial charge in [0.1, 0.15) is 5.82 Å². The average molecular weight is 336 g/mol. The van der Waals surface area contributed by atoms with E-state index in [0.717, 1.165) is 4.47 Å². The van der Waals surface area contributed by atoms with Gasteiger partial charge >= 0.3 is 0 Å².